The minimum absolute atomic E-state index is 0.270. The molecular formula is C31H36BrNO4. The van der Waals surface area contributed by atoms with E-state index in [4.69, 9.17) is 4.74 Å². The van der Waals surface area contributed by atoms with Gasteiger partial charge in [0.15, 0.2) is 5.78 Å². The van der Waals surface area contributed by atoms with Gasteiger partial charge in [0.05, 0.1) is 18.2 Å². The first-order valence-electron chi connectivity index (χ1n) is 13.0. The lowest BCUT2D eigenvalue weighted by atomic mass is 9.97. The van der Waals surface area contributed by atoms with Crippen LogP contribution in [0.15, 0.2) is 77.3 Å². The summed E-state index contributed by atoms with van der Waals surface area (Å²) in [5.74, 6) is -0.372. The van der Waals surface area contributed by atoms with Crippen molar-refractivity contribution in [3.05, 3.63) is 88.4 Å². The van der Waals surface area contributed by atoms with Crippen molar-refractivity contribution in [3.63, 3.8) is 0 Å². The molecule has 3 aromatic rings. The van der Waals surface area contributed by atoms with Gasteiger partial charge in [-0.2, -0.15) is 0 Å². The number of ether oxygens (including phenoxy) is 1. The molecule has 0 radical (unpaired) electrons. The van der Waals surface area contributed by atoms with Gasteiger partial charge in [-0.1, -0.05) is 103 Å². The third kappa shape index (κ3) is 8.83. The molecule has 3 rings (SSSR count). The number of amides is 1. The van der Waals surface area contributed by atoms with Crippen LogP contribution in [0, 0.1) is 0 Å². The molecule has 0 aliphatic carbocycles. The SMILES string of the molecule is CCCCCCCOc1ccc(Br)cc1C(=O)N[C@@H](Cc1ccc(-c2ccccc2)cc1)C(=O)C(C)O. The van der Waals surface area contributed by atoms with Crippen molar-refractivity contribution in [3.8, 4) is 16.9 Å². The van der Waals surface area contributed by atoms with E-state index < -0.39 is 23.8 Å². The van der Waals surface area contributed by atoms with E-state index in [1.165, 1.54) is 26.2 Å². The number of nitrogens with one attached hydrogen (secondary N) is 1. The van der Waals surface area contributed by atoms with Gasteiger partial charge >= 0.3 is 0 Å². The summed E-state index contributed by atoms with van der Waals surface area (Å²) >= 11 is 3.43. The van der Waals surface area contributed by atoms with Crippen LogP contribution in [0.1, 0.15) is 61.9 Å². The van der Waals surface area contributed by atoms with Gasteiger partial charge in [-0.15, -0.1) is 0 Å². The highest BCUT2D eigenvalue weighted by Crippen LogP contribution is 2.25. The van der Waals surface area contributed by atoms with Gasteiger partial charge in [0.25, 0.3) is 5.91 Å². The summed E-state index contributed by atoms with van der Waals surface area (Å²) in [6.45, 7) is 4.13. The Morgan fingerprint density at radius 3 is 2.27 bits per heavy atom. The fourth-order valence-electron chi connectivity index (χ4n) is 4.14. The molecule has 0 fully saturated rings. The molecule has 1 amide bonds. The molecule has 0 bridgehead atoms. The summed E-state index contributed by atoms with van der Waals surface area (Å²) in [4.78, 5) is 26.2. The van der Waals surface area contributed by atoms with Crippen LogP contribution < -0.4 is 10.1 Å². The molecule has 0 heterocycles. The predicted octanol–water partition coefficient (Wildman–Crippen LogP) is 6.76. The summed E-state index contributed by atoms with van der Waals surface area (Å²) in [6, 6.07) is 22.3. The normalized spacial score (nSPS) is 12.5. The van der Waals surface area contributed by atoms with Gasteiger partial charge in [-0.3, -0.25) is 9.59 Å². The zero-order valence-corrected chi connectivity index (χ0v) is 23.2. The molecule has 0 saturated heterocycles. The molecule has 3 aromatic carbocycles. The van der Waals surface area contributed by atoms with Crippen LogP contribution in [0.5, 0.6) is 5.75 Å². The number of unbranched alkanes of at least 4 members (excludes halogenated alkanes) is 4. The monoisotopic (exact) mass is 565 g/mol. The van der Waals surface area contributed by atoms with E-state index in [0.29, 0.717) is 17.9 Å². The van der Waals surface area contributed by atoms with Crippen molar-refractivity contribution in [2.24, 2.45) is 0 Å². The third-order valence-electron chi connectivity index (χ3n) is 6.25. The van der Waals surface area contributed by atoms with Crippen molar-refractivity contribution >= 4 is 27.6 Å². The number of benzene rings is 3. The number of Topliss-reactive ketones (excluding diaryl/α,β-unsaturated/α-hetero) is 1. The Morgan fingerprint density at radius 1 is 0.919 bits per heavy atom. The highest BCUT2D eigenvalue weighted by Gasteiger charge is 2.26. The Balaban J connectivity index is 1.72. The molecule has 0 saturated carbocycles. The van der Waals surface area contributed by atoms with Gasteiger partial charge < -0.3 is 15.2 Å². The van der Waals surface area contributed by atoms with E-state index in [0.717, 1.165) is 34.0 Å². The average molecular weight is 567 g/mol. The van der Waals surface area contributed by atoms with Crippen LogP contribution in [-0.4, -0.2) is 35.5 Å². The van der Waals surface area contributed by atoms with Crippen molar-refractivity contribution in [2.45, 2.75) is 64.5 Å². The van der Waals surface area contributed by atoms with E-state index >= 15 is 0 Å². The molecule has 2 N–H and O–H groups in total. The number of carbonyl (C=O) groups is 2. The average Bonchev–Trinajstić information content (AvgIpc) is 2.91. The quantitative estimate of drug-likeness (QED) is 0.212. The van der Waals surface area contributed by atoms with Crippen LogP contribution >= 0.6 is 15.9 Å². The van der Waals surface area contributed by atoms with Gasteiger partial charge in [-0.25, -0.2) is 0 Å². The highest BCUT2D eigenvalue weighted by molar-refractivity contribution is 9.10. The van der Waals surface area contributed by atoms with E-state index in [-0.39, 0.29) is 6.42 Å². The molecule has 5 nitrogen and oxygen atoms in total. The number of ketones is 1. The summed E-state index contributed by atoms with van der Waals surface area (Å²) in [5.41, 5.74) is 3.41. The number of aliphatic hydroxyl groups excluding tert-OH is 1. The summed E-state index contributed by atoms with van der Waals surface area (Å²) in [5, 5.41) is 12.9. The van der Waals surface area contributed by atoms with Crippen LogP contribution in [0.4, 0.5) is 0 Å². The maximum Gasteiger partial charge on any atom is 0.255 e. The van der Waals surface area contributed by atoms with Gasteiger partial charge in [-0.05, 0) is 54.7 Å². The van der Waals surface area contributed by atoms with Gasteiger partial charge in [0.1, 0.15) is 11.9 Å². The first-order valence-corrected chi connectivity index (χ1v) is 13.8. The largest absolute Gasteiger partial charge is 0.493 e. The molecule has 2 atom stereocenters. The number of aliphatic hydroxyl groups is 1. The molecule has 0 spiro atoms. The Bertz CT molecular complexity index is 1150. The standard InChI is InChI=1S/C31H36BrNO4/c1-3-4-5-6-10-19-37-29-18-17-26(32)21-27(29)31(36)33-28(30(35)22(2)34)20-23-13-15-25(16-14-23)24-11-8-7-9-12-24/h7-9,11-18,21-22,28,34H,3-6,10,19-20H2,1-2H3,(H,33,36)/t22?,28-/m0/s1. The number of hydrogen-bond acceptors (Lipinski definition) is 4. The number of rotatable bonds is 14. The first-order chi connectivity index (χ1) is 17.9. The van der Waals surface area contributed by atoms with Crippen molar-refractivity contribution in [1.29, 1.82) is 0 Å². The highest BCUT2D eigenvalue weighted by atomic mass is 79.9. The Hall–Kier alpha value is -2.96. The van der Waals surface area contributed by atoms with Crippen LogP contribution in [0.25, 0.3) is 11.1 Å². The molecule has 6 heteroatoms. The Kier molecular flexibility index (Phi) is 11.4. The lowest BCUT2D eigenvalue weighted by Gasteiger charge is -2.20. The first kappa shape index (κ1) is 28.6. The second-order valence-electron chi connectivity index (χ2n) is 9.27. The molecule has 37 heavy (non-hydrogen) atoms. The van der Waals surface area contributed by atoms with Crippen LogP contribution in [0.2, 0.25) is 0 Å². The summed E-state index contributed by atoms with van der Waals surface area (Å²) in [6.07, 6.45) is 4.63. The minimum atomic E-state index is -1.20. The summed E-state index contributed by atoms with van der Waals surface area (Å²) in [7, 11) is 0. The van der Waals surface area contributed by atoms with Crippen molar-refractivity contribution in [1.82, 2.24) is 5.32 Å². The van der Waals surface area contributed by atoms with E-state index in [9.17, 15) is 14.7 Å². The molecule has 0 aliphatic rings. The maximum atomic E-state index is 13.3. The lowest BCUT2D eigenvalue weighted by Crippen LogP contribution is -2.46. The summed E-state index contributed by atoms with van der Waals surface area (Å²) < 4.78 is 6.68. The second kappa shape index (κ2) is 14.7. The van der Waals surface area contributed by atoms with E-state index in [1.807, 2.05) is 60.7 Å². The smallest absolute Gasteiger partial charge is 0.255 e. The third-order valence-corrected chi connectivity index (χ3v) is 6.75. The fourth-order valence-corrected chi connectivity index (χ4v) is 4.50. The van der Waals surface area contributed by atoms with Gasteiger partial charge in [0.2, 0.25) is 0 Å². The second-order valence-corrected chi connectivity index (χ2v) is 10.2. The van der Waals surface area contributed by atoms with Crippen molar-refractivity contribution < 1.29 is 19.4 Å². The lowest BCUT2D eigenvalue weighted by molar-refractivity contribution is -0.128. The number of halogens is 1. The molecular weight excluding hydrogens is 530 g/mol. The number of hydrogen-bond donors (Lipinski definition) is 2. The molecule has 196 valence electrons. The maximum absolute atomic E-state index is 13.3. The van der Waals surface area contributed by atoms with Crippen LogP contribution in [-0.2, 0) is 11.2 Å². The molecule has 0 aromatic heterocycles. The van der Waals surface area contributed by atoms with Crippen LogP contribution in [0.3, 0.4) is 0 Å². The minimum Gasteiger partial charge on any atom is -0.493 e. The van der Waals surface area contributed by atoms with Crippen molar-refractivity contribution in [2.75, 3.05) is 6.61 Å². The fraction of sp³-hybridized carbons (Fsp3) is 0.355. The van der Waals surface area contributed by atoms with Gasteiger partial charge in [0, 0.05) is 4.47 Å². The Labute approximate surface area is 228 Å². The van der Waals surface area contributed by atoms with E-state index in [1.54, 1.807) is 12.1 Å². The zero-order chi connectivity index (χ0) is 26.6. The topological polar surface area (TPSA) is 75.6 Å². The zero-order valence-electron chi connectivity index (χ0n) is 21.6. The molecule has 0 aliphatic heterocycles. The predicted molar refractivity (Wildman–Crippen MR) is 152 cm³/mol. The van der Waals surface area contributed by atoms with E-state index in [2.05, 4.69) is 28.2 Å². The Morgan fingerprint density at radius 2 is 1.59 bits per heavy atom. The molecule has 1 unspecified atom stereocenters. The number of carbonyl (C=O) groups excluding carboxylic acids is 2.